The van der Waals surface area contributed by atoms with Crippen molar-refractivity contribution >= 4 is 11.8 Å². The van der Waals surface area contributed by atoms with Crippen molar-refractivity contribution in [1.29, 1.82) is 0 Å². The van der Waals surface area contributed by atoms with E-state index >= 15 is 0 Å². The highest BCUT2D eigenvalue weighted by atomic mass is 16.5. The average Bonchev–Trinajstić information content (AvgIpc) is 2.83. The summed E-state index contributed by atoms with van der Waals surface area (Å²) in [6.45, 7) is 10.9. The van der Waals surface area contributed by atoms with Crippen LogP contribution >= 0.6 is 0 Å². The predicted octanol–water partition coefficient (Wildman–Crippen LogP) is 5.51. The largest absolute Gasteiger partial charge is 0.491 e. The third kappa shape index (κ3) is 6.85. The number of nitrogens with zero attached hydrogens (tertiary/aromatic N) is 2. The van der Waals surface area contributed by atoms with Gasteiger partial charge in [0.1, 0.15) is 12.4 Å². The van der Waals surface area contributed by atoms with Gasteiger partial charge in [0.05, 0.1) is 18.0 Å². The summed E-state index contributed by atoms with van der Waals surface area (Å²) >= 11 is 0. The molecule has 1 atom stereocenters. The first-order chi connectivity index (χ1) is 16.4. The van der Waals surface area contributed by atoms with Crippen molar-refractivity contribution in [3.63, 3.8) is 0 Å². The van der Waals surface area contributed by atoms with Crippen LogP contribution in [-0.4, -0.2) is 53.9 Å². The van der Waals surface area contributed by atoms with Gasteiger partial charge in [0, 0.05) is 19.6 Å². The number of aryl methyl sites for hydroxylation is 1. The Morgan fingerprint density at radius 3 is 2.47 bits per heavy atom. The van der Waals surface area contributed by atoms with Crippen molar-refractivity contribution in [1.82, 2.24) is 9.80 Å². The summed E-state index contributed by atoms with van der Waals surface area (Å²) in [6, 6.07) is 15.6. The molecule has 0 aromatic heterocycles. The Kier molecular flexibility index (Phi) is 9.55. The van der Waals surface area contributed by atoms with Crippen LogP contribution in [0.25, 0.3) is 0 Å². The molecule has 184 valence electrons. The molecule has 1 aliphatic rings. The van der Waals surface area contributed by atoms with Crippen molar-refractivity contribution in [3.8, 4) is 5.75 Å². The molecule has 2 aromatic rings. The van der Waals surface area contributed by atoms with E-state index in [0.717, 1.165) is 43.4 Å². The van der Waals surface area contributed by atoms with E-state index in [9.17, 15) is 9.59 Å². The number of amides is 2. The molecular formula is C29H40N2O3. The van der Waals surface area contributed by atoms with Crippen molar-refractivity contribution in [2.45, 2.75) is 65.8 Å². The number of hydrogen-bond donors (Lipinski definition) is 0. The van der Waals surface area contributed by atoms with Crippen LogP contribution < -0.4 is 4.74 Å². The molecule has 0 unspecified atom stereocenters. The molecule has 5 heteroatoms. The van der Waals surface area contributed by atoms with Crippen LogP contribution in [0.5, 0.6) is 5.75 Å². The molecule has 34 heavy (non-hydrogen) atoms. The summed E-state index contributed by atoms with van der Waals surface area (Å²) in [5, 5.41) is 0. The summed E-state index contributed by atoms with van der Waals surface area (Å²) in [5.74, 6) is 1.19. The zero-order valence-electron chi connectivity index (χ0n) is 21.3. The lowest BCUT2D eigenvalue weighted by Crippen LogP contribution is -2.45. The van der Waals surface area contributed by atoms with Gasteiger partial charge in [0.15, 0.2) is 0 Å². The van der Waals surface area contributed by atoms with Gasteiger partial charge in [-0.15, -0.1) is 0 Å². The van der Waals surface area contributed by atoms with Gasteiger partial charge in [-0.05, 0) is 68.7 Å². The van der Waals surface area contributed by atoms with Gasteiger partial charge < -0.3 is 14.5 Å². The zero-order chi connectivity index (χ0) is 24.5. The fraction of sp³-hybridized carbons (Fsp3) is 0.517. The highest BCUT2D eigenvalue weighted by Crippen LogP contribution is 2.24. The number of fused-ring (bicyclic) bond motifs is 1. The lowest BCUT2D eigenvalue weighted by molar-refractivity contribution is -0.134. The van der Waals surface area contributed by atoms with Crippen molar-refractivity contribution in [3.05, 3.63) is 65.2 Å². The maximum absolute atomic E-state index is 13.6. The number of para-hydroxylation sites is 1. The van der Waals surface area contributed by atoms with Crippen LogP contribution in [0.1, 0.15) is 67.9 Å². The molecule has 0 bridgehead atoms. The van der Waals surface area contributed by atoms with Gasteiger partial charge in [0.2, 0.25) is 5.91 Å². The first kappa shape index (κ1) is 25.8. The minimum absolute atomic E-state index is 0.0187. The van der Waals surface area contributed by atoms with E-state index in [2.05, 4.69) is 26.8 Å². The van der Waals surface area contributed by atoms with E-state index in [4.69, 9.17) is 4.74 Å². The third-order valence-corrected chi connectivity index (χ3v) is 6.65. The Hall–Kier alpha value is -2.82. The number of ether oxygens (including phenoxy) is 1. The molecule has 2 amide bonds. The van der Waals surface area contributed by atoms with Crippen LogP contribution in [0.4, 0.5) is 0 Å². The molecule has 0 N–H and O–H groups in total. The van der Waals surface area contributed by atoms with Gasteiger partial charge in [-0.1, -0.05) is 50.2 Å². The molecule has 5 nitrogen and oxygen atoms in total. The van der Waals surface area contributed by atoms with Gasteiger partial charge >= 0.3 is 0 Å². The molecular weight excluding hydrogens is 424 g/mol. The third-order valence-electron chi connectivity index (χ3n) is 6.65. The lowest BCUT2D eigenvalue weighted by Gasteiger charge is -2.33. The average molecular weight is 465 g/mol. The number of rotatable bonds is 5. The Morgan fingerprint density at radius 1 is 1.03 bits per heavy atom. The van der Waals surface area contributed by atoms with E-state index in [-0.39, 0.29) is 17.9 Å². The van der Waals surface area contributed by atoms with E-state index in [0.29, 0.717) is 43.3 Å². The highest BCUT2D eigenvalue weighted by molar-refractivity contribution is 5.97. The van der Waals surface area contributed by atoms with Crippen LogP contribution in [0.15, 0.2) is 48.5 Å². The standard InChI is InChI=1S/C29H40N2O3/c1-5-30-17-11-6-12-18-31(28(32)20-24-14-8-7-13-23(24)4)25(19-22(2)3)21-34-27-16-10-9-15-26(27)29(30)33/h7-10,13-16,22,25H,5-6,11-12,17-21H2,1-4H3/t25-/m0/s1. The zero-order valence-corrected chi connectivity index (χ0v) is 21.3. The smallest absolute Gasteiger partial charge is 0.257 e. The van der Waals surface area contributed by atoms with Crippen molar-refractivity contribution in [2.75, 3.05) is 26.2 Å². The van der Waals surface area contributed by atoms with E-state index in [1.54, 1.807) is 0 Å². The van der Waals surface area contributed by atoms with Crippen LogP contribution in [-0.2, 0) is 11.2 Å². The summed E-state index contributed by atoms with van der Waals surface area (Å²) in [5.41, 5.74) is 2.82. The van der Waals surface area contributed by atoms with E-state index in [1.165, 1.54) is 0 Å². The molecule has 2 aromatic carbocycles. The summed E-state index contributed by atoms with van der Waals surface area (Å²) in [4.78, 5) is 30.8. The Bertz CT molecular complexity index is 956. The molecule has 0 saturated heterocycles. The van der Waals surface area contributed by atoms with Crippen LogP contribution in [0, 0.1) is 12.8 Å². The topological polar surface area (TPSA) is 49.9 Å². The Morgan fingerprint density at radius 2 is 1.74 bits per heavy atom. The van der Waals surface area contributed by atoms with Gasteiger partial charge in [-0.25, -0.2) is 0 Å². The van der Waals surface area contributed by atoms with E-state index in [1.807, 2.05) is 59.2 Å². The molecule has 0 saturated carbocycles. The predicted molar refractivity (Wildman–Crippen MR) is 137 cm³/mol. The monoisotopic (exact) mass is 464 g/mol. The maximum Gasteiger partial charge on any atom is 0.257 e. The summed E-state index contributed by atoms with van der Waals surface area (Å²) in [6.07, 6.45) is 4.09. The molecule has 0 fully saturated rings. The first-order valence-corrected chi connectivity index (χ1v) is 12.8. The van der Waals surface area contributed by atoms with Gasteiger partial charge in [-0.2, -0.15) is 0 Å². The van der Waals surface area contributed by atoms with Crippen LogP contribution in [0.2, 0.25) is 0 Å². The summed E-state index contributed by atoms with van der Waals surface area (Å²) < 4.78 is 6.29. The second-order valence-corrected chi connectivity index (χ2v) is 9.73. The molecule has 3 rings (SSSR count). The van der Waals surface area contributed by atoms with E-state index < -0.39 is 0 Å². The molecule has 1 heterocycles. The molecule has 0 radical (unpaired) electrons. The fourth-order valence-corrected chi connectivity index (χ4v) is 4.70. The Balaban J connectivity index is 1.89. The minimum atomic E-state index is -0.0392. The SMILES string of the molecule is CCN1CCCCCN(C(=O)Cc2ccccc2C)[C@@H](CC(C)C)COc2ccccc2C1=O. The first-order valence-electron chi connectivity index (χ1n) is 12.8. The second kappa shape index (κ2) is 12.6. The number of carbonyl (C=O) groups is 2. The highest BCUT2D eigenvalue weighted by Gasteiger charge is 2.27. The maximum atomic E-state index is 13.6. The molecule has 0 aliphatic carbocycles. The molecule has 0 spiro atoms. The van der Waals surface area contributed by atoms with Crippen LogP contribution in [0.3, 0.4) is 0 Å². The van der Waals surface area contributed by atoms with Gasteiger partial charge in [-0.3, -0.25) is 9.59 Å². The quantitative estimate of drug-likeness (QED) is 0.587. The second-order valence-electron chi connectivity index (χ2n) is 9.73. The number of carbonyl (C=O) groups excluding carboxylic acids is 2. The minimum Gasteiger partial charge on any atom is -0.491 e. The number of hydrogen-bond acceptors (Lipinski definition) is 3. The Labute approximate surface area is 205 Å². The van der Waals surface area contributed by atoms with Crippen molar-refractivity contribution < 1.29 is 14.3 Å². The summed E-state index contributed by atoms with van der Waals surface area (Å²) in [7, 11) is 0. The lowest BCUT2D eigenvalue weighted by atomic mass is 10.00. The fourth-order valence-electron chi connectivity index (χ4n) is 4.70. The normalized spacial score (nSPS) is 17.9. The van der Waals surface area contributed by atoms with Gasteiger partial charge in [0.25, 0.3) is 5.91 Å². The molecule has 1 aliphatic heterocycles. The van der Waals surface area contributed by atoms with Crippen molar-refractivity contribution in [2.24, 2.45) is 5.92 Å². The number of benzene rings is 2.